The van der Waals surface area contributed by atoms with Crippen molar-refractivity contribution in [2.24, 2.45) is 5.92 Å². The van der Waals surface area contributed by atoms with E-state index in [0.717, 1.165) is 12.8 Å². The molecule has 8 heteroatoms. The van der Waals surface area contributed by atoms with Crippen LogP contribution < -0.4 is 0 Å². The highest BCUT2D eigenvalue weighted by Gasteiger charge is 2.36. The first-order valence-electron chi connectivity index (χ1n) is 6.89. The first-order chi connectivity index (χ1) is 9.98. The number of halogens is 1. The fourth-order valence-electron chi connectivity index (χ4n) is 2.40. The van der Waals surface area contributed by atoms with Gasteiger partial charge in [-0.2, -0.15) is 4.31 Å². The Morgan fingerprint density at radius 2 is 1.86 bits per heavy atom. The van der Waals surface area contributed by atoms with Gasteiger partial charge in [0.2, 0.25) is 15.9 Å². The zero-order valence-electron chi connectivity index (χ0n) is 11.4. The predicted molar refractivity (Wildman–Crippen MR) is 77.3 cm³/mol. The molecule has 1 saturated heterocycles. The molecule has 2 aliphatic rings. The normalized spacial score (nSPS) is 20.5. The fourth-order valence-corrected chi connectivity index (χ4v) is 3.88. The van der Waals surface area contributed by atoms with Crippen LogP contribution in [-0.4, -0.2) is 54.7 Å². The van der Waals surface area contributed by atoms with E-state index in [0.29, 0.717) is 26.2 Å². The second-order valence-electron chi connectivity index (χ2n) is 5.32. The SMILES string of the molecule is O=C(C1CC1)N1CCN(S(=O)(=O)c2ccc(Cl)nc2)CC1. The van der Waals surface area contributed by atoms with Gasteiger partial charge in [0, 0.05) is 38.3 Å². The van der Waals surface area contributed by atoms with Gasteiger partial charge in [0.05, 0.1) is 0 Å². The molecule has 2 heterocycles. The maximum absolute atomic E-state index is 12.5. The summed E-state index contributed by atoms with van der Waals surface area (Å²) in [5.41, 5.74) is 0. The highest BCUT2D eigenvalue weighted by Crippen LogP contribution is 2.31. The van der Waals surface area contributed by atoms with E-state index in [9.17, 15) is 13.2 Å². The standard InChI is InChI=1S/C13H16ClN3O3S/c14-12-4-3-11(9-15-12)21(19,20)17-7-5-16(6-8-17)13(18)10-1-2-10/h3-4,9-10H,1-2,5-8H2. The van der Waals surface area contributed by atoms with Crippen molar-refractivity contribution in [1.29, 1.82) is 0 Å². The lowest BCUT2D eigenvalue weighted by molar-refractivity contribution is -0.133. The van der Waals surface area contributed by atoms with Gasteiger partial charge in [-0.1, -0.05) is 11.6 Å². The van der Waals surface area contributed by atoms with E-state index in [1.807, 2.05) is 0 Å². The number of sulfonamides is 1. The smallest absolute Gasteiger partial charge is 0.244 e. The number of hydrogen-bond donors (Lipinski definition) is 0. The minimum absolute atomic E-state index is 0.133. The molecule has 1 saturated carbocycles. The fraction of sp³-hybridized carbons (Fsp3) is 0.538. The molecular formula is C13H16ClN3O3S. The lowest BCUT2D eigenvalue weighted by atomic mass is 10.3. The molecule has 1 aromatic heterocycles. The molecule has 3 rings (SSSR count). The van der Waals surface area contributed by atoms with Gasteiger partial charge in [0.1, 0.15) is 10.0 Å². The summed E-state index contributed by atoms with van der Waals surface area (Å²) in [6.07, 6.45) is 3.20. The third kappa shape index (κ3) is 3.04. The summed E-state index contributed by atoms with van der Waals surface area (Å²) in [6, 6.07) is 2.91. The predicted octanol–water partition coefficient (Wildman–Crippen LogP) is 0.978. The van der Waals surface area contributed by atoms with E-state index in [1.165, 1.54) is 22.6 Å². The Bertz CT molecular complexity index is 635. The van der Waals surface area contributed by atoms with Crippen LogP contribution >= 0.6 is 11.6 Å². The van der Waals surface area contributed by atoms with Gasteiger partial charge in [-0.05, 0) is 25.0 Å². The molecule has 0 radical (unpaired) electrons. The number of piperazine rings is 1. The van der Waals surface area contributed by atoms with Crippen molar-refractivity contribution in [3.8, 4) is 0 Å². The van der Waals surface area contributed by atoms with Crippen LogP contribution in [0.15, 0.2) is 23.2 Å². The average Bonchev–Trinajstić information content (AvgIpc) is 3.32. The lowest BCUT2D eigenvalue weighted by Gasteiger charge is -2.34. The summed E-state index contributed by atoms with van der Waals surface area (Å²) in [5.74, 6) is 0.342. The average molecular weight is 330 g/mol. The lowest BCUT2D eigenvalue weighted by Crippen LogP contribution is -2.50. The third-order valence-corrected chi connectivity index (χ3v) is 5.92. The summed E-state index contributed by atoms with van der Waals surface area (Å²) in [4.78, 5) is 17.7. The van der Waals surface area contributed by atoms with E-state index >= 15 is 0 Å². The van der Waals surface area contributed by atoms with Crippen LogP contribution in [0.1, 0.15) is 12.8 Å². The Morgan fingerprint density at radius 1 is 1.19 bits per heavy atom. The number of pyridine rings is 1. The van der Waals surface area contributed by atoms with Crippen LogP contribution in [0.3, 0.4) is 0 Å². The molecule has 1 aliphatic carbocycles. The minimum atomic E-state index is -3.56. The number of aromatic nitrogens is 1. The van der Waals surface area contributed by atoms with E-state index in [1.54, 1.807) is 4.90 Å². The van der Waals surface area contributed by atoms with Crippen molar-refractivity contribution < 1.29 is 13.2 Å². The van der Waals surface area contributed by atoms with Crippen molar-refractivity contribution in [1.82, 2.24) is 14.2 Å². The number of rotatable bonds is 3. The summed E-state index contributed by atoms with van der Waals surface area (Å²) in [7, 11) is -3.56. The van der Waals surface area contributed by atoms with Gasteiger partial charge in [0.25, 0.3) is 0 Å². The van der Waals surface area contributed by atoms with E-state index in [4.69, 9.17) is 11.6 Å². The number of amides is 1. The van der Waals surface area contributed by atoms with Gasteiger partial charge >= 0.3 is 0 Å². The summed E-state index contributed by atoms with van der Waals surface area (Å²) < 4.78 is 26.3. The Balaban J connectivity index is 1.68. The Kier molecular flexibility index (Phi) is 3.90. The van der Waals surface area contributed by atoms with Crippen molar-refractivity contribution in [2.45, 2.75) is 17.7 Å². The molecule has 6 nitrogen and oxygen atoms in total. The first kappa shape index (κ1) is 14.7. The number of carbonyl (C=O) groups excluding carboxylic acids is 1. The molecule has 0 bridgehead atoms. The molecule has 1 aliphatic heterocycles. The quantitative estimate of drug-likeness (QED) is 0.775. The van der Waals surface area contributed by atoms with E-state index in [-0.39, 0.29) is 21.9 Å². The monoisotopic (exact) mass is 329 g/mol. The van der Waals surface area contributed by atoms with Gasteiger partial charge in [0.15, 0.2) is 0 Å². The van der Waals surface area contributed by atoms with Crippen LogP contribution in [0, 0.1) is 5.92 Å². The van der Waals surface area contributed by atoms with Crippen LogP contribution in [0.25, 0.3) is 0 Å². The van der Waals surface area contributed by atoms with Crippen LogP contribution in [0.5, 0.6) is 0 Å². The summed E-state index contributed by atoms with van der Waals surface area (Å²) in [5, 5.41) is 0.258. The number of nitrogens with zero attached hydrogens (tertiary/aromatic N) is 3. The largest absolute Gasteiger partial charge is 0.340 e. The first-order valence-corrected chi connectivity index (χ1v) is 8.71. The van der Waals surface area contributed by atoms with E-state index in [2.05, 4.69) is 4.98 Å². The summed E-state index contributed by atoms with van der Waals surface area (Å²) >= 11 is 5.67. The number of hydrogen-bond acceptors (Lipinski definition) is 4. The maximum atomic E-state index is 12.5. The molecule has 1 amide bonds. The summed E-state index contributed by atoms with van der Waals surface area (Å²) in [6.45, 7) is 1.55. The molecule has 0 spiro atoms. The van der Waals surface area contributed by atoms with Crippen molar-refractivity contribution in [3.63, 3.8) is 0 Å². The zero-order valence-corrected chi connectivity index (χ0v) is 13.0. The van der Waals surface area contributed by atoms with Gasteiger partial charge in [-0.15, -0.1) is 0 Å². The molecular weight excluding hydrogens is 314 g/mol. The molecule has 2 fully saturated rings. The molecule has 114 valence electrons. The zero-order chi connectivity index (χ0) is 15.0. The highest BCUT2D eigenvalue weighted by molar-refractivity contribution is 7.89. The highest BCUT2D eigenvalue weighted by atomic mass is 35.5. The Hall–Kier alpha value is -1.18. The van der Waals surface area contributed by atoms with Crippen LogP contribution in [0.2, 0.25) is 5.15 Å². The van der Waals surface area contributed by atoms with Crippen LogP contribution in [-0.2, 0) is 14.8 Å². The molecule has 0 atom stereocenters. The molecule has 21 heavy (non-hydrogen) atoms. The van der Waals surface area contributed by atoms with Crippen molar-refractivity contribution >= 4 is 27.5 Å². The van der Waals surface area contributed by atoms with Crippen molar-refractivity contribution in [3.05, 3.63) is 23.5 Å². The Labute approximate surface area is 128 Å². The van der Waals surface area contributed by atoms with Gasteiger partial charge in [-0.25, -0.2) is 13.4 Å². The maximum Gasteiger partial charge on any atom is 0.244 e. The van der Waals surface area contributed by atoms with Gasteiger partial charge in [-0.3, -0.25) is 4.79 Å². The van der Waals surface area contributed by atoms with Crippen molar-refractivity contribution in [2.75, 3.05) is 26.2 Å². The second kappa shape index (κ2) is 5.55. The Morgan fingerprint density at radius 3 is 2.38 bits per heavy atom. The molecule has 0 aromatic carbocycles. The second-order valence-corrected chi connectivity index (χ2v) is 7.65. The number of carbonyl (C=O) groups is 1. The minimum Gasteiger partial charge on any atom is -0.340 e. The molecule has 0 unspecified atom stereocenters. The molecule has 0 N–H and O–H groups in total. The van der Waals surface area contributed by atoms with E-state index < -0.39 is 10.0 Å². The molecule has 1 aromatic rings. The van der Waals surface area contributed by atoms with Crippen LogP contribution in [0.4, 0.5) is 0 Å². The van der Waals surface area contributed by atoms with Gasteiger partial charge < -0.3 is 4.90 Å². The third-order valence-electron chi connectivity index (χ3n) is 3.81. The topological polar surface area (TPSA) is 70.6 Å².